The summed E-state index contributed by atoms with van der Waals surface area (Å²) in [6, 6.07) is 18.0. The summed E-state index contributed by atoms with van der Waals surface area (Å²) < 4.78 is 39.2. The SMILES string of the molecule is CCCN(CCSc1ccc(OCC(C)=O)c(C)c1)S(=O)(=O)c1ccc(Oc2ccccc2)nc1. The minimum atomic E-state index is -3.69. The number of sulfonamides is 1. The summed E-state index contributed by atoms with van der Waals surface area (Å²) in [5.74, 6) is 2.20. The largest absolute Gasteiger partial charge is 0.486 e. The zero-order valence-electron chi connectivity index (χ0n) is 20.1. The standard InChI is InChI=1S/C26H30N2O5S2/c1-4-14-28(15-16-34-23-10-12-25(20(2)17-23)32-19-21(3)29)35(30,31)24-11-13-26(27-18-24)33-22-8-6-5-7-9-22/h5-13,17-18H,4,14-16,19H2,1-3H3. The molecule has 1 aromatic heterocycles. The van der Waals surface area contributed by atoms with Crippen LogP contribution >= 0.6 is 11.8 Å². The lowest BCUT2D eigenvalue weighted by Gasteiger charge is -2.21. The number of carbonyl (C=O) groups excluding carboxylic acids is 1. The molecule has 0 aliphatic carbocycles. The molecule has 0 saturated carbocycles. The summed E-state index contributed by atoms with van der Waals surface area (Å²) in [6.07, 6.45) is 2.04. The van der Waals surface area contributed by atoms with Crippen molar-refractivity contribution in [2.24, 2.45) is 0 Å². The molecule has 0 saturated heterocycles. The number of rotatable bonds is 13. The number of carbonyl (C=O) groups is 1. The maximum Gasteiger partial charge on any atom is 0.244 e. The van der Waals surface area contributed by atoms with Crippen molar-refractivity contribution in [1.29, 1.82) is 0 Å². The maximum absolute atomic E-state index is 13.3. The second kappa shape index (κ2) is 12.7. The molecule has 0 aliphatic heterocycles. The molecule has 1 heterocycles. The first-order chi connectivity index (χ1) is 16.8. The van der Waals surface area contributed by atoms with Crippen LogP contribution in [-0.2, 0) is 14.8 Å². The highest BCUT2D eigenvalue weighted by atomic mass is 32.2. The van der Waals surface area contributed by atoms with Crippen LogP contribution in [0.1, 0.15) is 25.8 Å². The number of ether oxygens (including phenoxy) is 2. The van der Waals surface area contributed by atoms with E-state index in [4.69, 9.17) is 9.47 Å². The van der Waals surface area contributed by atoms with Gasteiger partial charge in [0.05, 0.1) is 6.20 Å². The number of benzene rings is 2. The van der Waals surface area contributed by atoms with Gasteiger partial charge < -0.3 is 9.47 Å². The number of ketones is 1. The van der Waals surface area contributed by atoms with Crippen LogP contribution in [0.25, 0.3) is 0 Å². The Morgan fingerprint density at radius 3 is 2.46 bits per heavy atom. The third kappa shape index (κ3) is 7.81. The fourth-order valence-electron chi connectivity index (χ4n) is 3.26. The van der Waals surface area contributed by atoms with Crippen LogP contribution in [0.15, 0.2) is 76.7 Å². The van der Waals surface area contributed by atoms with Crippen LogP contribution in [0.3, 0.4) is 0 Å². The van der Waals surface area contributed by atoms with Crippen LogP contribution in [0.2, 0.25) is 0 Å². The molecule has 0 fully saturated rings. The van der Waals surface area contributed by atoms with E-state index in [1.165, 1.54) is 23.5 Å². The van der Waals surface area contributed by atoms with Gasteiger partial charge in [0.15, 0.2) is 5.78 Å². The van der Waals surface area contributed by atoms with Gasteiger partial charge in [-0.2, -0.15) is 4.31 Å². The number of aromatic nitrogens is 1. The summed E-state index contributed by atoms with van der Waals surface area (Å²) >= 11 is 1.57. The molecule has 0 bridgehead atoms. The monoisotopic (exact) mass is 514 g/mol. The summed E-state index contributed by atoms with van der Waals surface area (Å²) in [5, 5.41) is 0. The summed E-state index contributed by atoms with van der Waals surface area (Å²) in [4.78, 5) is 16.5. The molecule has 9 heteroatoms. The topological polar surface area (TPSA) is 85.8 Å². The molecule has 35 heavy (non-hydrogen) atoms. The van der Waals surface area contributed by atoms with Crippen molar-refractivity contribution in [2.45, 2.75) is 37.0 Å². The highest BCUT2D eigenvalue weighted by Gasteiger charge is 2.24. The third-order valence-electron chi connectivity index (χ3n) is 4.97. The van der Waals surface area contributed by atoms with Gasteiger partial charge in [-0.15, -0.1) is 11.8 Å². The fraction of sp³-hybridized carbons (Fsp3) is 0.308. The Morgan fingerprint density at radius 2 is 1.83 bits per heavy atom. The van der Waals surface area contributed by atoms with Crippen LogP contribution in [-0.4, -0.2) is 48.9 Å². The zero-order chi connectivity index (χ0) is 25.3. The van der Waals surface area contributed by atoms with Gasteiger partial charge in [-0.05, 0) is 62.2 Å². The van der Waals surface area contributed by atoms with Crippen LogP contribution in [0, 0.1) is 6.92 Å². The molecule has 0 amide bonds. The first-order valence-electron chi connectivity index (χ1n) is 11.3. The maximum atomic E-state index is 13.3. The van der Waals surface area contributed by atoms with Crippen molar-refractivity contribution in [3.8, 4) is 17.4 Å². The van der Waals surface area contributed by atoms with Crippen molar-refractivity contribution < 1.29 is 22.7 Å². The van der Waals surface area contributed by atoms with E-state index in [1.807, 2.05) is 50.2 Å². The van der Waals surface area contributed by atoms with E-state index in [0.717, 1.165) is 10.5 Å². The second-order valence-electron chi connectivity index (χ2n) is 7.92. The lowest BCUT2D eigenvalue weighted by atomic mass is 10.2. The van der Waals surface area contributed by atoms with E-state index in [0.29, 0.717) is 42.6 Å². The number of aryl methyl sites for hydroxylation is 1. The molecule has 0 spiro atoms. The molecule has 0 unspecified atom stereocenters. The summed E-state index contributed by atoms with van der Waals surface area (Å²) in [5.41, 5.74) is 0.929. The number of nitrogens with zero attached hydrogens (tertiary/aromatic N) is 2. The Balaban J connectivity index is 1.62. The lowest BCUT2D eigenvalue weighted by molar-refractivity contribution is -0.118. The molecular weight excluding hydrogens is 484 g/mol. The Labute approximate surface area is 211 Å². The van der Waals surface area contributed by atoms with Gasteiger partial charge >= 0.3 is 0 Å². The molecule has 7 nitrogen and oxygen atoms in total. The minimum Gasteiger partial charge on any atom is -0.486 e. The average Bonchev–Trinajstić information content (AvgIpc) is 2.84. The molecule has 0 aliphatic rings. The lowest BCUT2D eigenvalue weighted by Crippen LogP contribution is -2.33. The van der Waals surface area contributed by atoms with E-state index >= 15 is 0 Å². The predicted molar refractivity (Wildman–Crippen MR) is 138 cm³/mol. The van der Waals surface area contributed by atoms with Gasteiger partial charge in [-0.3, -0.25) is 4.79 Å². The Morgan fingerprint density at radius 1 is 1.06 bits per heavy atom. The van der Waals surface area contributed by atoms with Gasteiger partial charge in [0.2, 0.25) is 15.9 Å². The van der Waals surface area contributed by atoms with Gasteiger partial charge in [0, 0.05) is 29.8 Å². The van der Waals surface area contributed by atoms with Gasteiger partial charge in [-0.25, -0.2) is 13.4 Å². The van der Waals surface area contributed by atoms with Crippen molar-refractivity contribution in [3.63, 3.8) is 0 Å². The Kier molecular flexibility index (Phi) is 9.71. The number of hydrogen-bond donors (Lipinski definition) is 0. The number of pyridine rings is 1. The van der Waals surface area contributed by atoms with Crippen LogP contribution < -0.4 is 9.47 Å². The molecule has 3 aromatic rings. The van der Waals surface area contributed by atoms with E-state index in [9.17, 15) is 13.2 Å². The first-order valence-corrected chi connectivity index (χ1v) is 13.8. The van der Waals surface area contributed by atoms with Crippen LogP contribution in [0.4, 0.5) is 0 Å². The smallest absolute Gasteiger partial charge is 0.244 e. The third-order valence-corrected chi connectivity index (χ3v) is 7.83. The second-order valence-corrected chi connectivity index (χ2v) is 11.0. The van der Waals surface area contributed by atoms with Crippen molar-refractivity contribution in [3.05, 3.63) is 72.4 Å². The van der Waals surface area contributed by atoms with Crippen molar-refractivity contribution >= 4 is 27.6 Å². The molecule has 3 rings (SSSR count). The first kappa shape index (κ1) is 26.7. The number of hydrogen-bond acceptors (Lipinski definition) is 7. The molecule has 186 valence electrons. The van der Waals surface area contributed by atoms with Gasteiger partial charge in [-0.1, -0.05) is 25.1 Å². The summed E-state index contributed by atoms with van der Waals surface area (Å²) in [7, 11) is -3.69. The molecule has 0 N–H and O–H groups in total. The summed E-state index contributed by atoms with van der Waals surface area (Å²) in [6.45, 7) is 6.19. The van der Waals surface area contributed by atoms with E-state index in [1.54, 1.807) is 30.0 Å². The number of thioether (sulfide) groups is 1. The average molecular weight is 515 g/mol. The van der Waals surface area contributed by atoms with E-state index in [-0.39, 0.29) is 17.3 Å². The quantitative estimate of drug-likeness (QED) is 0.285. The molecule has 0 atom stereocenters. The Hall–Kier alpha value is -2.88. The highest BCUT2D eigenvalue weighted by Crippen LogP contribution is 2.27. The minimum absolute atomic E-state index is 0.0337. The van der Waals surface area contributed by atoms with Gasteiger partial charge in [0.25, 0.3) is 0 Å². The zero-order valence-corrected chi connectivity index (χ0v) is 21.8. The molecule has 2 aromatic carbocycles. The van der Waals surface area contributed by atoms with Gasteiger partial charge in [0.1, 0.15) is 23.0 Å². The molecular formula is C26H30N2O5S2. The number of para-hydroxylation sites is 1. The fourth-order valence-corrected chi connectivity index (χ4v) is 5.82. The van der Waals surface area contributed by atoms with E-state index in [2.05, 4.69) is 4.98 Å². The molecule has 0 radical (unpaired) electrons. The normalized spacial score (nSPS) is 11.4. The van der Waals surface area contributed by atoms with Crippen molar-refractivity contribution in [1.82, 2.24) is 9.29 Å². The van der Waals surface area contributed by atoms with Crippen LogP contribution in [0.5, 0.6) is 17.4 Å². The highest BCUT2D eigenvalue weighted by molar-refractivity contribution is 7.99. The van der Waals surface area contributed by atoms with Crippen molar-refractivity contribution in [2.75, 3.05) is 25.4 Å². The predicted octanol–water partition coefficient (Wildman–Crippen LogP) is 5.34. The number of Topliss-reactive ketones (excluding diaryl/α,β-unsaturated/α-hetero) is 1. The van der Waals surface area contributed by atoms with E-state index < -0.39 is 10.0 Å². The Bertz CT molecular complexity index is 1220.